The number of nitrogens with zero attached hydrogens (tertiary/aromatic N) is 1. The highest BCUT2D eigenvalue weighted by molar-refractivity contribution is 6.18. The summed E-state index contributed by atoms with van der Waals surface area (Å²) in [6, 6.07) is 0. The average molecular weight is 263 g/mol. The van der Waals surface area contributed by atoms with Gasteiger partial charge in [-0.05, 0) is 31.8 Å². The molecule has 88 valence electrons. The van der Waals surface area contributed by atoms with E-state index >= 15 is 0 Å². The van der Waals surface area contributed by atoms with Crippen LogP contribution in [0.1, 0.15) is 26.7 Å². The lowest BCUT2D eigenvalue weighted by atomic mass is 10.1. The predicted molar refractivity (Wildman–Crippen MR) is 69.2 cm³/mol. The third-order valence-corrected chi connectivity index (χ3v) is 2.47. The summed E-state index contributed by atoms with van der Waals surface area (Å²) in [6.45, 7) is 7.73. The van der Waals surface area contributed by atoms with Crippen LogP contribution in [0.5, 0.6) is 0 Å². The topological polar surface area (TPSA) is 3.24 Å². The van der Waals surface area contributed by atoms with Crippen molar-refractivity contribution in [1.29, 1.82) is 0 Å². The molecule has 0 aliphatic rings. The van der Waals surface area contributed by atoms with Crippen molar-refractivity contribution in [3.63, 3.8) is 0 Å². The molecule has 0 saturated carbocycles. The summed E-state index contributed by atoms with van der Waals surface area (Å²) < 4.78 is 0. The second kappa shape index (κ2) is 11.9. The maximum atomic E-state index is 5.72. The molecule has 0 aliphatic carbocycles. The Kier molecular flexibility index (Phi) is 14.6. The monoisotopic (exact) mass is 261 g/mol. The van der Waals surface area contributed by atoms with E-state index in [9.17, 15) is 0 Å². The van der Waals surface area contributed by atoms with E-state index in [2.05, 4.69) is 18.7 Å². The van der Waals surface area contributed by atoms with E-state index < -0.39 is 0 Å². The molecule has 0 saturated heterocycles. The molecular weight excluding hydrogens is 240 g/mol. The zero-order valence-electron chi connectivity index (χ0n) is 9.14. The fraction of sp³-hybridized carbons (Fsp3) is 1.00. The first-order valence-corrected chi connectivity index (χ1v) is 6.12. The number of halogens is 3. The molecule has 0 rings (SSSR count). The highest BCUT2D eigenvalue weighted by atomic mass is 35.5. The van der Waals surface area contributed by atoms with E-state index in [1.165, 1.54) is 6.42 Å². The van der Waals surface area contributed by atoms with Gasteiger partial charge in [0.05, 0.1) is 0 Å². The minimum absolute atomic E-state index is 0. The quantitative estimate of drug-likeness (QED) is 0.604. The van der Waals surface area contributed by atoms with E-state index in [1.807, 2.05) is 0 Å². The Labute approximate surface area is 105 Å². The third-order valence-electron chi connectivity index (χ3n) is 2.03. The Hall–Kier alpha value is 0.830. The standard InChI is InChI=1S/C10H21Cl2N.ClH/c1-10(2)4-8-13(9-6-12)7-3-5-11;/h10H,3-9H2,1-2H3;1H. The Morgan fingerprint density at radius 2 is 1.64 bits per heavy atom. The fourth-order valence-corrected chi connectivity index (χ4v) is 1.54. The van der Waals surface area contributed by atoms with Crippen LogP contribution in [-0.2, 0) is 0 Å². The Balaban J connectivity index is 0. The summed E-state index contributed by atoms with van der Waals surface area (Å²) in [6.07, 6.45) is 2.32. The van der Waals surface area contributed by atoms with Gasteiger partial charge in [0.25, 0.3) is 0 Å². The summed E-state index contributed by atoms with van der Waals surface area (Å²) in [7, 11) is 0. The van der Waals surface area contributed by atoms with Gasteiger partial charge >= 0.3 is 0 Å². The predicted octanol–water partition coefficient (Wildman–Crippen LogP) is 3.62. The van der Waals surface area contributed by atoms with Crippen molar-refractivity contribution in [3.05, 3.63) is 0 Å². The van der Waals surface area contributed by atoms with Crippen molar-refractivity contribution >= 4 is 35.6 Å². The van der Waals surface area contributed by atoms with Gasteiger partial charge in [-0.1, -0.05) is 13.8 Å². The number of rotatable bonds is 8. The Morgan fingerprint density at radius 3 is 2.07 bits per heavy atom. The molecule has 14 heavy (non-hydrogen) atoms. The smallest absolute Gasteiger partial charge is 0.0351 e. The van der Waals surface area contributed by atoms with Crippen molar-refractivity contribution < 1.29 is 0 Å². The first-order chi connectivity index (χ1) is 6.20. The minimum Gasteiger partial charge on any atom is -0.302 e. The molecule has 0 N–H and O–H groups in total. The van der Waals surface area contributed by atoms with Crippen LogP contribution < -0.4 is 0 Å². The molecular formula is C10H22Cl3N. The second-order valence-corrected chi connectivity index (χ2v) is 4.51. The molecule has 0 aliphatic heterocycles. The molecule has 0 bridgehead atoms. The van der Waals surface area contributed by atoms with Crippen LogP contribution in [0, 0.1) is 5.92 Å². The summed E-state index contributed by atoms with van der Waals surface area (Å²) in [5, 5.41) is 0. The van der Waals surface area contributed by atoms with Crippen molar-refractivity contribution in [3.8, 4) is 0 Å². The molecule has 0 atom stereocenters. The summed E-state index contributed by atoms with van der Waals surface area (Å²) in [4.78, 5) is 2.40. The number of hydrogen-bond donors (Lipinski definition) is 0. The first-order valence-electron chi connectivity index (χ1n) is 5.05. The lowest BCUT2D eigenvalue weighted by molar-refractivity contribution is 0.273. The van der Waals surface area contributed by atoms with Gasteiger partial charge in [-0.2, -0.15) is 0 Å². The molecule has 0 radical (unpaired) electrons. The fourth-order valence-electron chi connectivity index (χ4n) is 1.18. The zero-order valence-corrected chi connectivity index (χ0v) is 11.5. The molecule has 0 unspecified atom stereocenters. The van der Waals surface area contributed by atoms with E-state index in [-0.39, 0.29) is 12.4 Å². The molecule has 0 heterocycles. The van der Waals surface area contributed by atoms with Crippen LogP contribution >= 0.6 is 35.6 Å². The SMILES string of the molecule is CC(C)CCN(CCCl)CCCCl.Cl. The van der Waals surface area contributed by atoms with E-state index in [1.54, 1.807) is 0 Å². The average Bonchev–Trinajstić information content (AvgIpc) is 2.09. The highest BCUT2D eigenvalue weighted by Gasteiger charge is 2.04. The molecule has 0 aromatic carbocycles. The van der Waals surface area contributed by atoms with Crippen LogP contribution in [0.4, 0.5) is 0 Å². The van der Waals surface area contributed by atoms with E-state index in [0.29, 0.717) is 0 Å². The van der Waals surface area contributed by atoms with Gasteiger partial charge in [0, 0.05) is 18.3 Å². The lowest BCUT2D eigenvalue weighted by Crippen LogP contribution is -2.29. The first kappa shape index (κ1) is 17.2. The second-order valence-electron chi connectivity index (χ2n) is 3.76. The lowest BCUT2D eigenvalue weighted by Gasteiger charge is -2.21. The van der Waals surface area contributed by atoms with Crippen LogP contribution in [0.25, 0.3) is 0 Å². The molecule has 4 heteroatoms. The van der Waals surface area contributed by atoms with Crippen LogP contribution in [0.2, 0.25) is 0 Å². The van der Waals surface area contributed by atoms with Crippen LogP contribution in [0.15, 0.2) is 0 Å². The molecule has 1 nitrogen and oxygen atoms in total. The van der Waals surface area contributed by atoms with Crippen molar-refractivity contribution in [2.24, 2.45) is 5.92 Å². The normalized spacial score (nSPS) is 10.7. The van der Waals surface area contributed by atoms with Crippen molar-refractivity contribution in [2.75, 3.05) is 31.4 Å². The van der Waals surface area contributed by atoms with Gasteiger partial charge in [-0.3, -0.25) is 0 Å². The van der Waals surface area contributed by atoms with Crippen LogP contribution in [0.3, 0.4) is 0 Å². The molecule has 0 aromatic rings. The zero-order chi connectivity index (χ0) is 10.1. The Bertz CT molecular complexity index is 110. The molecule has 0 aromatic heterocycles. The summed E-state index contributed by atoms with van der Waals surface area (Å²) >= 11 is 11.4. The van der Waals surface area contributed by atoms with Gasteiger partial charge in [-0.25, -0.2) is 0 Å². The highest BCUT2D eigenvalue weighted by Crippen LogP contribution is 2.03. The maximum Gasteiger partial charge on any atom is 0.0351 e. The Morgan fingerprint density at radius 1 is 1.00 bits per heavy atom. The van der Waals surface area contributed by atoms with E-state index in [4.69, 9.17) is 23.2 Å². The molecule has 0 spiro atoms. The molecule has 0 amide bonds. The third kappa shape index (κ3) is 10.9. The number of hydrogen-bond acceptors (Lipinski definition) is 1. The van der Waals surface area contributed by atoms with Gasteiger partial charge in [0.1, 0.15) is 0 Å². The summed E-state index contributed by atoms with van der Waals surface area (Å²) in [5.41, 5.74) is 0. The minimum atomic E-state index is 0. The van der Waals surface area contributed by atoms with E-state index in [0.717, 1.165) is 43.7 Å². The van der Waals surface area contributed by atoms with Gasteiger partial charge < -0.3 is 4.90 Å². The number of alkyl halides is 2. The van der Waals surface area contributed by atoms with Gasteiger partial charge in [0.2, 0.25) is 0 Å². The molecule has 0 fully saturated rings. The summed E-state index contributed by atoms with van der Waals surface area (Å²) in [5.74, 6) is 2.25. The van der Waals surface area contributed by atoms with Gasteiger partial charge in [-0.15, -0.1) is 35.6 Å². The largest absolute Gasteiger partial charge is 0.302 e. The van der Waals surface area contributed by atoms with Crippen LogP contribution in [-0.4, -0.2) is 36.3 Å². The maximum absolute atomic E-state index is 5.72. The van der Waals surface area contributed by atoms with Gasteiger partial charge in [0.15, 0.2) is 0 Å². The van der Waals surface area contributed by atoms with Crippen molar-refractivity contribution in [2.45, 2.75) is 26.7 Å². The van der Waals surface area contributed by atoms with Crippen molar-refractivity contribution in [1.82, 2.24) is 4.90 Å².